The SMILES string of the molecule is CCOC(=O)C=C(C)COc1ccc(Oc2ccc(Cl)cc2)cc1. The molecule has 24 heavy (non-hydrogen) atoms. The van der Waals surface area contributed by atoms with E-state index >= 15 is 0 Å². The summed E-state index contributed by atoms with van der Waals surface area (Å²) in [6.07, 6.45) is 1.43. The molecule has 5 heteroatoms. The topological polar surface area (TPSA) is 44.8 Å². The molecule has 0 fully saturated rings. The van der Waals surface area contributed by atoms with Crippen molar-refractivity contribution in [2.75, 3.05) is 13.2 Å². The van der Waals surface area contributed by atoms with E-state index in [1.807, 2.05) is 31.2 Å². The number of halogens is 1. The normalized spacial score (nSPS) is 11.0. The van der Waals surface area contributed by atoms with Crippen LogP contribution in [0.5, 0.6) is 17.2 Å². The van der Waals surface area contributed by atoms with Gasteiger partial charge in [0.05, 0.1) is 6.61 Å². The van der Waals surface area contributed by atoms with Crippen molar-refractivity contribution in [2.24, 2.45) is 0 Å². The van der Waals surface area contributed by atoms with Crippen molar-refractivity contribution in [3.8, 4) is 17.2 Å². The molecule has 0 unspecified atom stereocenters. The number of rotatable bonds is 7. The Kier molecular flexibility index (Phi) is 6.70. The molecule has 0 aliphatic carbocycles. The molecular formula is C19H19ClO4. The van der Waals surface area contributed by atoms with Crippen LogP contribution in [0.4, 0.5) is 0 Å². The summed E-state index contributed by atoms with van der Waals surface area (Å²) >= 11 is 5.84. The highest BCUT2D eigenvalue weighted by Gasteiger charge is 2.01. The highest BCUT2D eigenvalue weighted by molar-refractivity contribution is 6.30. The summed E-state index contributed by atoms with van der Waals surface area (Å²) in [5, 5.41) is 0.664. The number of hydrogen-bond acceptors (Lipinski definition) is 4. The molecule has 0 atom stereocenters. The van der Waals surface area contributed by atoms with Gasteiger partial charge in [-0.1, -0.05) is 11.6 Å². The molecule has 126 valence electrons. The maximum absolute atomic E-state index is 11.3. The lowest BCUT2D eigenvalue weighted by molar-refractivity contribution is -0.137. The van der Waals surface area contributed by atoms with Crippen molar-refractivity contribution < 1.29 is 19.0 Å². The minimum absolute atomic E-state index is 0.316. The van der Waals surface area contributed by atoms with E-state index in [4.69, 9.17) is 25.8 Å². The summed E-state index contributed by atoms with van der Waals surface area (Å²) < 4.78 is 16.2. The van der Waals surface area contributed by atoms with Crippen LogP contribution in [-0.4, -0.2) is 19.2 Å². The number of carbonyl (C=O) groups excluding carboxylic acids is 1. The average Bonchev–Trinajstić information content (AvgIpc) is 2.56. The van der Waals surface area contributed by atoms with Gasteiger partial charge < -0.3 is 14.2 Å². The first kappa shape index (κ1) is 17.9. The third-order valence-electron chi connectivity index (χ3n) is 2.99. The molecule has 0 bridgehead atoms. The summed E-state index contributed by atoms with van der Waals surface area (Å²) in [6.45, 7) is 4.26. The number of esters is 1. The molecule has 0 radical (unpaired) electrons. The van der Waals surface area contributed by atoms with Crippen LogP contribution in [0.3, 0.4) is 0 Å². The maximum Gasteiger partial charge on any atom is 0.330 e. The van der Waals surface area contributed by atoms with Gasteiger partial charge in [0.25, 0.3) is 0 Å². The Bertz CT molecular complexity index is 690. The first-order chi connectivity index (χ1) is 11.6. The number of hydrogen-bond donors (Lipinski definition) is 0. The van der Waals surface area contributed by atoms with Gasteiger partial charge >= 0.3 is 5.97 Å². The zero-order chi connectivity index (χ0) is 17.4. The van der Waals surface area contributed by atoms with Gasteiger partial charge in [-0.25, -0.2) is 4.79 Å². The van der Waals surface area contributed by atoms with E-state index in [-0.39, 0.29) is 5.97 Å². The van der Waals surface area contributed by atoms with E-state index in [1.165, 1.54) is 6.08 Å². The van der Waals surface area contributed by atoms with Crippen LogP contribution in [0.1, 0.15) is 13.8 Å². The minimum atomic E-state index is -0.356. The quantitative estimate of drug-likeness (QED) is 0.521. The van der Waals surface area contributed by atoms with Crippen LogP contribution in [0.2, 0.25) is 5.02 Å². The monoisotopic (exact) mass is 346 g/mol. The van der Waals surface area contributed by atoms with E-state index < -0.39 is 0 Å². The molecule has 0 amide bonds. The fourth-order valence-electron chi connectivity index (χ4n) is 1.87. The van der Waals surface area contributed by atoms with Crippen molar-refractivity contribution in [1.82, 2.24) is 0 Å². The summed E-state index contributed by atoms with van der Waals surface area (Å²) in [4.78, 5) is 11.3. The third kappa shape index (κ3) is 5.97. The first-order valence-corrected chi connectivity index (χ1v) is 7.95. The lowest BCUT2D eigenvalue weighted by atomic mass is 10.3. The second kappa shape index (κ2) is 8.99. The maximum atomic E-state index is 11.3. The van der Waals surface area contributed by atoms with Crippen LogP contribution >= 0.6 is 11.6 Å². The summed E-state index contributed by atoms with van der Waals surface area (Å²) in [5.74, 6) is 1.74. The van der Waals surface area contributed by atoms with Crippen molar-refractivity contribution >= 4 is 17.6 Å². The molecule has 0 aliphatic heterocycles. The van der Waals surface area contributed by atoms with Gasteiger partial charge in [0.15, 0.2) is 0 Å². The van der Waals surface area contributed by atoms with Gasteiger partial charge in [0.1, 0.15) is 23.9 Å². The van der Waals surface area contributed by atoms with Gasteiger partial charge in [-0.05, 0) is 68.0 Å². The Hall–Kier alpha value is -2.46. The van der Waals surface area contributed by atoms with Crippen LogP contribution in [0.15, 0.2) is 60.2 Å². The van der Waals surface area contributed by atoms with Gasteiger partial charge in [0, 0.05) is 11.1 Å². The highest BCUT2D eigenvalue weighted by atomic mass is 35.5. The number of ether oxygens (including phenoxy) is 3. The van der Waals surface area contributed by atoms with Crippen LogP contribution in [-0.2, 0) is 9.53 Å². The second-order valence-corrected chi connectivity index (χ2v) is 5.50. The molecule has 0 aliphatic rings. The predicted octanol–water partition coefficient (Wildman–Crippen LogP) is 5.02. The van der Waals surface area contributed by atoms with Crippen molar-refractivity contribution in [2.45, 2.75) is 13.8 Å². The Morgan fingerprint density at radius 3 is 2.12 bits per heavy atom. The van der Waals surface area contributed by atoms with Gasteiger partial charge in [-0.2, -0.15) is 0 Å². The molecule has 2 aromatic rings. The fourth-order valence-corrected chi connectivity index (χ4v) is 1.99. The van der Waals surface area contributed by atoms with E-state index in [0.717, 1.165) is 5.57 Å². The van der Waals surface area contributed by atoms with Crippen molar-refractivity contribution in [3.63, 3.8) is 0 Å². The van der Waals surface area contributed by atoms with E-state index in [9.17, 15) is 4.79 Å². The first-order valence-electron chi connectivity index (χ1n) is 7.57. The molecule has 0 saturated carbocycles. The Labute approximate surface area is 146 Å². The van der Waals surface area contributed by atoms with Gasteiger partial charge in [-0.3, -0.25) is 0 Å². The zero-order valence-electron chi connectivity index (χ0n) is 13.6. The molecule has 0 saturated heterocycles. The van der Waals surface area contributed by atoms with Gasteiger partial charge in [-0.15, -0.1) is 0 Å². The Balaban J connectivity index is 1.87. The molecule has 2 rings (SSSR count). The molecule has 0 N–H and O–H groups in total. The lowest BCUT2D eigenvalue weighted by Crippen LogP contribution is -2.04. The summed E-state index contributed by atoms with van der Waals surface area (Å²) in [6, 6.07) is 14.4. The summed E-state index contributed by atoms with van der Waals surface area (Å²) in [7, 11) is 0. The minimum Gasteiger partial charge on any atom is -0.489 e. The van der Waals surface area contributed by atoms with E-state index in [2.05, 4.69) is 0 Å². The lowest BCUT2D eigenvalue weighted by Gasteiger charge is -2.09. The highest BCUT2D eigenvalue weighted by Crippen LogP contribution is 2.25. The molecular weight excluding hydrogens is 328 g/mol. The van der Waals surface area contributed by atoms with Crippen molar-refractivity contribution in [1.29, 1.82) is 0 Å². The van der Waals surface area contributed by atoms with E-state index in [0.29, 0.717) is 35.5 Å². The molecule has 0 aromatic heterocycles. The van der Waals surface area contributed by atoms with Crippen molar-refractivity contribution in [3.05, 3.63) is 65.2 Å². The molecule has 4 nitrogen and oxygen atoms in total. The predicted molar refractivity (Wildman–Crippen MR) is 93.9 cm³/mol. The summed E-state index contributed by atoms with van der Waals surface area (Å²) in [5.41, 5.74) is 0.787. The molecule has 0 spiro atoms. The van der Waals surface area contributed by atoms with Crippen LogP contribution in [0, 0.1) is 0 Å². The number of benzene rings is 2. The fraction of sp³-hybridized carbons (Fsp3) is 0.211. The Morgan fingerprint density at radius 1 is 1.00 bits per heavy atom. The largest absolute Gasteiger partial charge is 0.489 e. The molecule has 2 aromatic carbocycles. The van der Waals surface area contributed by atoms with Crippen LogP contribution in [0.25, 0.3) is 0 Å². The average molecular weight is 347 g/mol. The van der Waals surface area contributed by atoms with E-state index in [1.54, 1.807) is 31.2 Å². The van der Waals surface area contributed by atoms with Gasteiger partial charge in [0.2, 0.25) is 0 Å². The Morgan fingerprint density at radius 2 is 1.54 bits per heavy atom. The van der Waals surface area contributed by atoms with Crippen LogP contribution < -0.4 is 9.47 Å². The standard InChI is InChI=1S/C19H19ClO4/c1-3-22-19(21)12-14(2)13-23-16-8-10-18(11-9-16)24-17-6-4-15(20)5-7-17/h4-12H,3,13H2,1-2H3. The third-order valence-corrected chi connectivity index (χ3v) is 3.24. The number of carbonyl (C=O) groups is 1. The second-order valence-electron chi connectivity index (χ2n) is 5.06. The zero-order valence-corrected chi connectivity index (χ0v) is 14.4. The smallest absolute Gasteiger partial charge is 0.330 e. The molecule has 0 heterocycles.